The molecular formula is C25H33ClN8O2. The molecule has 4 heterocycles. The van der Waals surface area contributed by atoms with Gasteiger partial charge < -0.3 is 25.8 Å². The fourth-order valence-corrected chi connectivity index (χ4v) is 5.53. The molecule has 2 atom stereocenters. The lowest BCUT2D eigenvalue weighted by molar-refractivity contribution is -0.132. The van der Waals surface area contributed by atoms with Crippen molar-refractivity contribution in [2.75, 3.05) is 56.5 Å². The first kappa shape index (κ1) is 24.7. The number of carbonyl (C=O) groups excluding carboxylic acids is 2. The van der Waals surface area contributed by atoms with Gasteiger partial charge in [0.15, 0.2) is 5.82 Å². The third-order valence-corrected chi connectivity index (χ3v) is 8.06. The van der Waals surface area contributed by atoms with Crippen molar-refractivity contribution in [3.63, 3.8) is 0 Å². The van der Waals surface area contributed by atoms with Gasteiger partial charge in [0.05, 0.1) is 18.1 Å². The van der Waals surface area contributed by atoms with Crippen LogP contribution in [-0.4, -0.2) is 78.0 Å². The number of likely N-dealkylation sites (N-methyl/N-ethyl adjacent to an activating group) is 1. The molecule has 2 aliphatic heterocycles. The summed E-state index contributed by atoms with van der Waals surface area (Å²) >= 11 is 6.54. The quantitative estimate of drug-likeness (QED) is 0.461. The lowest BCUT2D eigenvalue weighted by Crippen LogP contribution is -2.36. The van der Waals surface area contributed by atoms with Gasteiger partial charge in [0.2, 0.25) is 11.9 Å². The summed E-state index contributed by atoms with van der Waals surface area (Å²) in [5, 5.41) is 9.43. The first-order valence-electron chi connectivity index (χ1n) is 12.4. The number of hydrogen-bond acceptors (Lipinski definition) is 8. The SMILES string of the molecule is CNCCNC(=O)c1ccc(Nc2ncc(Cl)c(N3C[C@]4(C)CN(C(=O)C5CC5)C[C@]4(C)C3)n2)cn1. The molecule has 0 bridgehead atoms. The van der Waals surface area contributed by atoms with Crippen molar-refractivity contribution in [3.05, 3.63) is 35.2 Å². The minimum absolute atomic E-state index is 0.0348. The molecule has 0 radical (unpaired) electrons. The van der Waals surface area contributed by atoms with Gasteiger partial charge in [0.1, 0.15) is 10.7 Å². The van der Waals surface area contributed by atoms with Crippen molar-refractivity contribution in [2.45, 2.75) is 26.7 Å². The van der Waals surface area contributed by atoms with Gasteiger partial charge in [-0.1, -0.05) is 25.4 Å². The second-order valence-corrected chi connectivity index (χ2v) is 11.1. The Morgan fingerprint density at radius 1 is 1.06 bits per heavy atom. The maximum absolute atomic E-state index is 12.7. The summed E-state index contributed by atoms with van der Waals surface area (Å²) in [4.78, 5) is 42.4. The zero-order valence-electron chi connectivity index (χ0n) is 21.0. The van der Waals surface area contributed by atoms with Crippen LogP contribution in [-0.2, 0) is 4.79 Å². The second-order valence-electron chi connectivity index (χ2n) is 10.7. The molecule has 3 N–H and O–H groups in total. The number of amides is 2. The van der Waals surface area contributed by atoms with Crippen molar-refractivity contribution in [3.8, 4) is 0 Å². The second kappa shape index (κ2) is 9.48. The molecule has 2 saturated heterocycles. The van der Waals surface area contributed by atoms with Crippen LogP contribution in [0.25, 0.3) is 0 Å². The molecule has 11 heteroatoms. The molecule has 1 aliphatic carbocycles. The van der Waals surface area contributed by atoms with E-state index in [1.807, 2.05) is 7.05 Å². The van der Waals surface area contributed by atoms with Gasteiger partial charge in [-0.15, -0.1) is 0 Å². The van der Waals surface area contributed by atoms with E-state index in [2.05, 4.69) is 49.6 Å². The third-order valence-electron chi connectivity index (χ3n) is 7.79. The summed E-state index contributed by atoms with van der Waals surface area (Å²) < 4.78 is 0. The number of fused-ring (bicyclic) bond motifs is 1. The van der Waals surface area contributed by atoms with E-state index in [4.69, 9.17) is 16.6 Å². The Labute approximate surface area is 216 Å². The van der Waals surface area contributed by atoms with Crippen LogP contribution in [0.3, 0.4) is 0 Å². The number of likely N-dealkylation sites (tertiary alicyclic amines) is 1. The van der Waals surface area contributed by atoms with Gasteiger partial charge in [-0.3, -0.25) is 9.59 Å². The zero-order valence-corrected chi connectivity index (χ0v) is 21.7. The summed E-state index contributed by atoms with van der Waals surface area (Å²) in [6.07, 6.45) is 5.25. The normalized spacial score (nSPS) is 25.1. The highest BCUT2D eigenvalue weighted by Crippen LogP contribution is 2.53. The van der Waals surface area contributed by atoms with Gasteiger partial charge in [-0.25, -0.2) is 9.97 Å². The van der Waals surface area contributed by atoms with E-state index >= 15 is 0 Å². The van der Waals surface area contributed by atoms with Crippen LogP contribution in [0.1, 0.15) is 37.2 Å². The molecule has 0 aromatic carbocycles. The van der Waals surface area contributed by atoms with Crippen LogP contribution >= 0.6 is 11.6 Å². The van der Waals surface area contributed by atoms with Gasteiger partial charge in [-0.2, -0.15) is 4.98 Å². The highest BCUT2D eigenvalue weighted by molar-refractivity contribution is 6.32. The predicted octanol–water partition coefficient (Wildman–Crippen LogP) is 2.30. The number of hydrogen-bond donors (Lipinski definition) is 3. The van der Waals surface area contributed by atoms with Crippen LogP contribution in [0.5, 0.6) is 0 Å². The van der Waals surface area contributed by atoms with Crippen LogP contribution in [0.15, 0.2) is 24.5 Å². The number of aromatic nitrogens is 3. The molecule has 1 saturated carbocycles. The number of nitrogens with zero attached hydrogens (tertiary/aromatic N) is 5. The largest absolute Gasteiger partial charge is 0.354 e. The Kier molecular flexibility index (Phi) is 6.50. The summed E-state index contributed by atoms with van der Waals surface area (Å²) in [6, 6.07) is 3.43. The van der Waals surface area contributed by atoms with Crippen LogP contribution in [0, 0.1) is 16.7 Å². The first-order valence-corrected chi connectivity index (χ1v) is 12.8. The van der Waals surface area contributed by atoms with Gasteiger partial charge in [0, 0.05) is 56.0 Å². The minimum atomic E-state index is -0.221. The molecule has 0 spiro atoms. The smallest absolute Gasteiger partial charge is 0.269 e. The summed E-state index contributed by atoms with van der Waals surface area (Å²) in [5.74, 6) is 1.43. The van der Waals surface area contributed by atoms with Crippen molar-refractivity contribution in [1.82, 2.24) is 30.5 Å². The summed E-state index contributed by atoms with van der Waals surface area (Å²) in [6.45, 7) is 8.83. The van der Waals surface area contributed by atoms with E-state index in [1.54, 1.807) is 24.5 Å². The molecule has 3 aliphatic rings. The molecule has 5 rings (SSSR count). The standard InChI is InChI=1S/C25H33ClN8O2/c1-24-12-33(13-25(24,2)15-34(14-24)22(36)16-4-5-16)20-18(26)11-30-23(32-20)31-17-6-7-19(29-10-17)21(35)28-9-8-27-3/h6-7,10-11,16,27H,4-5,8-9,12-15H2,1-3H3,(H,28,35)(H,30,31,32)/t24-,25+. The lowest BCUT2D eigenvalue weighted by Gasteiger charge is -2.29. The van der Waals surface area contributed by atoms with Gasteiger partial charge in [0.25, 0.3) is 5.91 Å². The maximum Gasteiger partial charge on any atom is 0.269 e. The van der Waals surface area contributed by atoms with E-state index in [0.717, 1.165) is 39.0 Å². The minimum Gasteiger partial charge on any atom is -0.354 e. The van der Waals surface area contributed by atoms with E-state index in [9.17, 15) is 9.59 Å². The number of anilines is 3. The van der Waals surface area contributed by atoms with Crippen LogP contribution in [0.4, 0.5) is 17.5 Å². The molecule has 10 nitrogen and oxygen atoms in total. The fourth-order valence-electron chi connectivity index (χ4n) is 5.32. The lowest BCUT2D eigenvalue weighted by atomic mass is 9.71. The Balaban J connectivity index is 1.26. The maximum atomic E-state index is 12.7. The van der Waals surface area contributed by atoms with Gasteiger partial charge >= 0.3 is 0 Å². The average Bonchev–Trinajstić information content (AvgIpc) is 3.61. The molecule has 36 heavy (non-hydrogen) atoms. The van der Waals surface area contributed by atoms with E-state index in [1.165, 1.54) is 0 Å². The molecule has 3 fully saturated rings. The Hall–Kier alpha value is -2.98. The monoisotopic (exact) mass is 512 g/mol. The average molecular weight is 513 g/mol. The van der Waals surface area contributed by atoms with E-state index in [0.29, 0.717) is 47.2 Å². The fraction of sp³-hybridized carbons (Fsp3) is 0.560. The van der Waals surface area contributed by atoms with Crippen LogP contribution in [0.2, 0.25) is 5.02 Å². The number of rotatable bonds is 8. The van der Waals surface area contributed by atoms with Crippen molar-refractivity contribution >= 4 is 40.9 Å². The predicted molar refractivity (Wildman–Crippen MR) is 139 cm³/mol. The Morgan fingerprint density at radius 2 is 1.78 bits per heavy atom. The Morgan fingerprint density at radius 3 is 2.39 bits per heavy atom. The first-order chi connectivity index (χ1) is 17.2. The zero-order chi connectivity index (χ0) is 25.5. The Bertz CT molecular complexity index is 1140. The molecule has 192 valence electrons. The van der Waals surface area contributed by atoms with Crippen molar-refractivity contribution in [1.29, 1.82) is 0 Å². The summed E-state index contributed by atoms with van der Waals surface area (Å²) in [5.41, 5.74) is 0.940. The number of halogens is 1. The molecule has 0 unspecified atom stereocenters. The summed E-state index contributed by atoms with van der Waals surface area (Å²) in [7, 11) is 1.83. The van der Waals surface area contributed by atoms with Crippen LogP contribution < -0.4 is 20.9 Å². The molecule has 2 aromatic heterocycles. The van der Waals surface area contributed by atoms with Gasteiger partial charge in [-0.05, 0) is 32.0 Å². The van der Waals surface area contributed by atoms with E-state index in [-0.39, 0.29) is 22.7 Å². The highest BCUT2D eigenvalue weighted by atomic mass is 35.5. The molecule has 2 aromatic rings. The van der Waals surface area contributed by atoms with E-state index < -0.39 is 0 Å². The third kappa shape index (κ3) is 4.71. The number of pyridine rings is 1. The topological polar surface area (TPSA) is 115 Å². The molecule has 2 amide bonds. The van der Waals surface area contributed by atoms with Crippen molar-refractivity contribution in [2.24, 2.45) is 16.7 Å². The van der Waals surface area contributed by atoms with Crippen molar-refractivity contribution < 1.29 is 9.59 Å². The number of carbonyl (C=O) groups is 2. The molecular weight excluding hydrogens is 480 g/mol. The highest BCUT2D eigenvalue weighted by Gasteiger charge is 2.59. The number of nitrogens with one attached hydrogen (secondary N) is 3.